The zero-order valence-corrected chi connectivity index (χ0v) is 12.8. The molecule has 0 fully saturated rings. The number of imidazole rings is 1. The fraction of sp³-hybridized carbons (Fsp3) is 0.0625. The van der Waals surface area contributed by atoms with Crippen LogP contribution in [-0.4, -0.2) is 29.1 Å². The van der Waals surface area contributed by atoms with Gasteiger partial charge in [-0.15, -0.1) is 0 Å². The number of benzene rings is 2. The van der Waals surface area contributed by atoms with Crippen molar-refractivity contribution in [2.24, 2.45) is 0 Å². The number of hydrogen-bond donors (Lipinski definition) is 4. The van der Waals surface area contributed by atoms with Gasteiger partial charge < -0.3 is 9.72 Å². The van der Waals surface area contributed by atoms with Gasteiger partial charge in [-0.25, -0.2) is 9.78 Å². The Morgan fingerprint density at radius 2 is 1.92 bits per heavy atom. The highest BCUT2D eigenvalue weighted by atomic mass is 16.5. The number of hydrazine groups is 1. The Kier molecular flexibility index (Phi) is 4.28. The Bertz CT molecular complexity index is 876. The summed E-state index contributed by atoms with van der Waals surface area (Å²) in [5, 5.41) is 2.44. The Labute approximate surface area is 137 Å². The molecule has 0 spiro atoms. The molecule has 1 aromatic heterocycles. The number of nitrogens with one attached hydrogen (secondary N) is 4. The summed E-state index contributed by atoms with van der Waals surface area (Å²) in [7, 11) is 1.26. The van der Waals surface area contributed by atoms with E-state index < -0.39 is 6.09 Å². The van der Waals surface area contributed by atoms with Crippen LogP contribution < -0.4 is 16.2 Å². The second kappa shape index (κ2) is 6.69. The average molecular weight is 325 g/mol. The summed E-state index contributed by atoms with van der Waals surface area (Å²) in [6, 6.07) is 14.3. The van der Waals surface area contributed by atoms with E-state index in [0.717, 1.165) is 5.69 Å². The first-order chi connectivity index (χ1) is 11.7. The van der Waals surface area contributed by atoms with Crippen LogP contribution in [0.5, 0.6) is 0 Å². The van der Waals surface area contributed by atoms with Gasteiger partial charge in [0, 0.05) is 5.56 Å². The van der Waals surface area contributed by atoms with Crippen LogP contribution >= 0.6 is 0 Å². The van der Waals surface area contributed by atoms with Gasteiger partial charge in [0.25, 0.3) is 5.91 Å². The molecule has 2 amide bonds. The van der Waals surface area contributed by atoms with Gasteiger partial charge in [0.15, 0.2) is 0 Å². The molecule has 4 N–H and O–H groups in total. The SMILES string of the molecule is COC(=O)Nc1nc2ccc(C(=O)NNc3ccccc3)cc2[nH]1. The van der Waals surface area contributed by atoms with E-state index in [0.29, 0.717) is 16.6 Å². The number of methoxy groups -OCH3 is 1. The first-order valence-corrected chi connectivity index (χ1v) is 7.12. The summed E-state index contributed by atoms with van der Waals surface area (Å²) in [4.78, 5) is 30.5. The van der Waals surface area contributed by atoms with Crippen LogP contribution in [-0.2, 0) is 4.74 Å². The molecule has 122 valence electrons. The monoisotopic (exact) mass is 325 g/mol. The number of aromatic amines is 1. The maximum atomic E-state index is 12.2. The molecule has 0 atom stereocenters. The van der Waals surface area contributed by atoms with Gasteiger partial charge >= 0.3 is 6.09 Å². The van der Waals surface area contributed by atoms with Crippen LogP contribution in [0.4, 0.5) is 16.4 Å². The van der Waals surface area contributed by atoms with Gasteiger partial charge in [0.2, 0.25) is 5.95 Å². The summed E-state index contributed by atoms with van der Waals surface area (Å²) in [5.74, 6) is -0.0466. The minimum absolute atomic E-state index is 0.247. The van der Waals surface area contributed by atoms with Crippen molar-refractivity contribution in [1.29, 1.82) is 0 Å². The molecule has 1 heterocycles. The summed E-state index contributed by atoms with van der Waals surface area (Å²) in [5.41, 5.74) is 7.90. The van der Waals surface area contributed by atoms with Crippen molar-refractivity contribution in [2.75, 3.05) is 17.9 Å². The standard InChI is InChI=1S/C16H15N5O3/c1-24-16(23)19-15-17-12-8-7-10(9-13(12)18-15)14(22)21-20-11-5-3-2-4-6-11/h2-9,20H,1H3,(H,21,22)(H2,17,18,19,23). The molecule has 0 aliphatic carbocycles. The molecule has 8 nitrogen and oxygen atoms in total. The van der Waals surface area contributed by atoms with E-state index in [-0.39, 0.29) is 11.9 Å². The molecule has 8 heteroatoms. The summed E-state index contributed by atoms with van der Waals surface area (Å²) in [6.07, 6.45) is -0.626. The Morgan fingerprint density at radius 3 is 2.67 bits per heavy atom. The highest BCUT2D eigenvalue weighted by Gasteiger charge is 2.10. The maximum absolute atomic E-state index is 12.2. The van der Waals surface area contributed by atoms with Crippen molar-refractivity contribution in [3.05, 3.63) is 54.1 Å². The third-order valence-corrected chi connectivity index (χ3v) is 3.24. The fourth-order valence-electron chi connectivity index (χ4n) is 2.08. The lowest BCUT2D eigenvalue weighted by molar-refractivity contribution is 0.0962. The molecular weight excluding hydrogens is 310 g/mol. The molecule has 3 aromatic rings. The predicted molar refractivity (Wildman–Crippen MR) is 89.7 cm³/mol. The minimum atomic E-state index is -0.626. The normalized spacial score (nSPS) is 10.2. The number of aromatic nitrogens is 2. The Balaban J connectivity index is 1.72. The fourth-order valence-corrected chi connectivity index (χ4v) is 2.08. The van der Waals surface area contributed by atoms with Gasteiger partial charge in [-0.05, 0) is 30.3 Å². The third-order valence-electron chi connectivity index (χ3n) is 3.24. The summed E-state index contributed by atoms with van der Waals surface area (Å²) >= 11 is 0. The van der Waals surface area contributed by atoms with E-state index in [1.165, 1.54) is 7.11 Å². The third kappa shape index (κ3) is 3.43. The van der Waals surface area contributed by atoms with E-state index in [1.54, 1.807) is 18.2 Å². The molecular formula is C16H15N5O3. The van der Waals surface area contributed by atoms with E-state index in [2.05, 4.69) is 30.9 Å². The van der Waals surface area contributed by atoms with Crippen molar-refractivity contribution >= 4 is 34.7 Å². The van der Waals surface area contributed by atoms with E-state index in [1.807, 2.05) is 30.3 Å². The Hall–Kier alpha value is -3.55. The summed E-state index contributed by atoms with van der Waals surface area (Å²) in [6.45, 7) is 0. The van der Waals surface area contributed by atoms with Crippen molar-refractivity contribution in [3.8, 4) is 0 Å². The molecule has 2 aromatic carbocycles. The number of ether oxygens (including phenoxy) is 1. The molecule has 0 aliphatic heterocycles. The largest absolute Gasteiger partial charge is 0.453 e. The molecule has 24 heavy (non-hydrogen) atoms. The van der Waals surface area contributed by atoms with Gasteiger partial charge in [0.05, 0.1) is 23.8 Å². The molecule has 3 rings (SSSR count). The second-order valence-electron chi connectivity index (χ2n) is 4.88. The molecule has 0 aliphatic rings. The predicted octanol–water partition coefficient (Wildman–Crippen LogP) is 2.50. The zero-order valence-electron chi connectivity index (χ0n) is 12.8. The maximum Gasteiger partial charge on any atom is 0.413 e. The van der Waals surface area contributed by atoms with Crippen molar-refractivity contribution in [1.82, 2.24) is 15.4 Å². The number of carbonyl (C=O) groups excluding carboxylic acids is 2. The van der Waals surface area contributed by atoms with Crippen LogP contribution in [0.25, 0.3) is 11.0 Å². The van der Waals surface area contributed by atoms with Crippen LogP contribution in [0.1, 0.15) is 10.4 Å². The topological polar surface area (TPSA) is 108 Å². The molecule has 0 radical (unpaired) electrons. The number of para-hydroxylation sites is 1. The summed E-state index contributed by atoms with van der Waals surface area (Å²) < 4.78 is 4.50. The van der Waals surface area contributed by atoms with Crippen LogP contribution in [0.3, 0.4) is 0 Å². The second-order valence-corrected chi connectivity index (χ2v) is 4.88. The minimum Gasteiger partial charge on any atom is -0.453 e. The average Bonchev–Trinajstić information content (AvgIpc) is 3.01. The van der Waals surface area contributed by atoms with Crippen molar-refractivity contribution in [2.45, 2.75) is 0 Å². The molecule has 0 unspecified atom stereocenters. The number of hydrogen-bond acceptors (Lipinski definition) is 5. The highest BCUT2D eigenvalue weighted by Crippen LogP contribution is 2.16. The Morgan fingerprint density at radius 1 is 1.12 bits per heavy atom. The van der Waals surface area contributed by atoms with Crippen LogP contribution in [0.15, 0.2) is 48.5 Å². The number of carbonyl (C=O) groups is 2. The number of anilines is 2. The van der Waals surface area contributed by atoms with Gasteiger partial charge in [-0.1, -0.05) is 18.2 Å². The van der Waals surface area contributed by atoms with Crippen LogP contribution in [0, 0.1) is 0 Å². The molecule has 0 saturated heterocycles. The zero-order chi connectivity index (χ0) is 16.9. The van der Waals surface area contributed by atoms with Crippen LogP contribution in [0.2, 0.25) is 0 Å². The number of H-pyrrole nitrogens is 1. The quantitative estimate of drug-likeness (QED) is 0.551. The number of amides is 2. The number of nitrogens with zero attached hydrogens (tertiary/aromatic N) is 1. The van der Waals surface area contributed by atoms with Gasteiger partial charge in [-0.2, -0.15) is 0 Å². The lowest BCUT2D eigenvalue weighted by Crippen LogP contribution is -2.29. The molecule has 0 bridgehead atoms. The smallest absolute Gasteiger partial charge is 0.413 e. The lowest BCUT2D eigenvalue weighted by atomic mass is 10.2. The number of rotatable bonds is 4. The van der Waals surface area contributed by atoms with E-state index in [4.69, 9.17) is 0 Å². The molecule has 0 saturated carbocycles. The first-order valence-electron chi connectivity index (χ1n) is 7.12. The van der Waals surface area contributed by atoms with Gasteiger partial charge in [-0.3, -0.25) is 21.0 Å². The first kappa shape index (κ1) is 15.3. The van der Waals surface area contributed by atoms with E-state index in [9.17, 15) is 9.59 Å². The van der Waals surface area contributed by atoms with Crippen molar-refractivity contribution in [3.63, 3.8) is 0 Å². The van der Waals surface area contributed by atoms with Gasteiger partial charge in [0.1, 0.15) is 0 Å². The van der Waals surface area contributed by atoms with E-state index >= 15 is 0 Å². The lowest BCUT2D eigenvalue weighted by Gasteiger charge is -2.08. The van der Waals surface area contributed by atoms with Crippen molar-refractivity contribution < 1.29 is 14.3 Å². The number of fused-ring (bicyclic) bond motifs is 1. The highest BCUT2D eigenvalue weighted by molar-refractivity contribution is 5.98.